The third-order valence-corrected chi connectivity index (χ3v) is 7.35. The third kappa shape index (κ3) is 4.62. The van der Waals surface area contributed by atoms with Gasteiger partial charge in [-0.2, -0.15) is 5.10 Å². The van der Waals surface area contributed by atoms with E-state index in [0.717, 1.165) is 28.1 Å². The zero-order valence-corrected chi connectivity index (χ0v) is 19.8. The third-order valence-electron chi connectivity index (χ3n) is 4.90. The summed E-state index contributed by atoms with van der Waals surface area (Å²) in [5.41, 5.74) is 2.85. The van der Waals surface area contributed by atoms with Crippen LogP contribution >= 0.6 is 22.9 Å². The van der Waals surface area contributed by atoms with Crippen molar-refractivity contribution in [3.05, 3.63) is 88.4 Å². The molecule has 164 valence electrons. The first kappa shape index (κ1) is 22.3. The lowest BCUT2D eigenvalue weighted by Gasteiger charge is -2.17. The zero-order valence-electron chi connectivity index (χ0n) is 17.4. The van der Waals surface area contributed by atoms with Gasteiger partial charge in [0.25, 0.3) is 5.91 Å². The van der Waals surface area contributed by atoms with Crippen molar-refractivity contribution in [3.63, 3.8) is 0 Å². The molecule has 0 unspecified atom stereocenters. The maximum absolute atomic E-state index is 13.1. The summed E-state index contributed by atoms with van der Waals surface area (Å²) in [5.74, 6) is -0.309. The van der Waals surface area contributed by atoms with Gasteiger partial charge in [0.2, 0.25) is 0 Å². The lowest BCUT2D eigenvalue weighted by Crippen LogP contribution is -2.26. The molecule has 2 aromatic carbocycles. The van der Waals surface area contributed by atoms with Crippen molar-refractivity contribution in [2.45, 2.75) is 11.4 Å². The van der Waals surface area contributed by atoms with Gasteiger partial charge >= 0.3 is 0 Å². The molecule has 6 nitrogen and oxygen atoms in total. The molecule has 0 aliphatic carbocycles. The van der Waals surface area contributed by atoms with Crippen LogP contribution in [0.3, 0.4) is 0 Å². The van der Waals surface area contributed by atoms with Crippen molar-refractivity contribution in [1.82, 2.24) is 14.7 Å². The van der Waals surface area contributed by atoms with Crippen LogP contribution in [0.4, 0.5) is 0 Å². The van der Waals surface area contributed by atoms with E-state index in [1.165, 1.54) is 18.2 Å². The van der Waals surface area contributed by atoms with Gasteiger partial charge in [0, 0.05) is 37.2 Å². The minimum Gasteiger partial charge on any atom is -0.337 e. The largest absolute Gasteiger partial charge is 0.337 e. The van der Waals surface area contributed by atoms with E-state index in [2.05, 4.69) is 0 Å². The Bertz CT molecular complexity index is 1370. The fourth-order valence-corrected chi connectivity index (χ4v) is 5.37. The molecule has 0 spiro atoms. The SMILES string of the molecule is CN(Cc1cn(-c2ccccc2)nc1-c1cccs1)C(=O)c1ccc(Cl)c(S(C)(=O)=O)c1. The van der Waals surface area contributed by atoms with Gasteiger partial charge in [0.1, 0.15) is 5.69 Å². The molecule has 4 rings (SSSR count). The van der Waals surface area contributed by atoms with Crippen LogP contribution in [0.1, 0.15) is 15.9 Å². The number of sulfone groups is 1. The average molecular weight is 486 g/mol. The Morgan fingerprint density at radius 3 is 2.53 bits per heavy atom. The van der Waals surface area contributed by atoms with E-state index in [9.17, 15) is 13.2 Å². The van der Waals surface area contributed by atoms with Crippen molar-refractivity contribution in [2.75, 3.05) is 13.3 Å². The number of carbonyl (C=O) groups is 1. The number of hydrogen-bond acceptors (Lipinski definition) is 5. The number of aromatic nitrogens is 2. The second kappa shape index (κ2) is 8.90. The first-order valence-corrected chi connectivity index (χ1v) is 12.8. The highest BCUT2D eigenvalue weighted by Crippen LogP contribution is 2.29. The van der Waals surface area contributed by atoms with Gasteiger partial charge in [-0.25, -0.2) is 13.1 Å². The summed E-state index contributed by atoms with van der Waals surface area (Å²) in [5, 5.41) is 6.83. The number of amides is 1. The van der Waals surface area contributed by atoms with E-state index >= 15 is 0 Å². The molecule has 0 fully saturated rings. The van der Waals surface area contributed by atoms with E-state index in [1.54, 1.807) is 28.0 Å². The van der Waals surface area contributed by atoms with Gasteiger partial charge in [0.15, 0.2) is 9.84 Å². The van der Waals surface area contributed by atoms with Crippen LogP contribution in [0.25, 0.3) is 16.3 Å². The maximum Gasteiger partial charge on any atom is 0.253 e. The number of nitrogens with zero attached hydrogens (tertiary/aromatic N) is 3. The highest BCUT2D eigenvalue weighted by atomic mass is 35.5. The second-order valence-electron chi connectivity index (χ2n) is 7.34. The van der Waals surface area contributed by atoms with Gasteiger partial charge < -0.3 is 4.90 Å². The van der Waals surface area contributed by atoms with Crippen LogP contribution in [0, 0.1) is 0 Å². The number of carbonyl (C=O) groups excluding carboxylic acids is 1. The smallest absolute Gasteiger partial charge is 0.253 e. The van der Waals surface area contributed by atoms with Gasteiger partial charge in [-0.3, -0.25) is 4.79 Å². The fraction of sp³-hybridized carbons (Fsp3) is 0.130. The van der Waals surface area contributed by atoms with E-state index in [0.29, 0.717) is 6.54 Å². The Labute approximate surface area is 195 Å². The lowest BCUT2D eigenvalue weighted by molar-refractivity contribution is 0.0785. The first-order valence-electron chi connectivity index (χ1n) is 9.67. The Hall–Kier alpha value is -2.94. The molecule has 0 N–H and O–H groups in total. The summed E-state index contributed by atoms with van der Waals surface area (Å²) >= 11 is 7.60. The number of hydrogen-bond donors (Lipinski definition) is 0. The molecule has 32 heavy (non-hydrogen) atoms. The van der Waals surface area contributed by atoms with Crippen LogP contribution in [0.2, 0.25) is 5.02 Å². The molecule has 0 saturated heterocycles. The predicted molar refractivity (Wildman–Crippen MR) is 127 cm³/mol. The molecular formula is C23H20ClN3O3S2. The van der Waals surface area contributed by atoms with Crippen LogP contribution < -0.4 is 0 Å². The Morgan fingerprint density at radius 1 is 1.12 bits per heavy atom. The standard InChI is InChI=1S/C23H20ClN3O3S2/c1-26(23(28)16-10-11-19(24)21(13-16)32(2,29)30)14-17-15-27(18-7-4-3-5-8-18)25-22(17)20-9-6-12-31-20/h3-13,15H,14H2,1-2H3. The molecule has 0 aliphatic rings. The lowest BCUT2D eigenvalue weighted by atomic mass is 10.1. The highest BCUT2D eigenvalue weighted by molar-refractivity contribution is 7.90. The fourth-order valence-electron chi connectivity index (χ4n) is 3.33. The van der Waals surface area contributed by atoms with Crippen molar-refractivity contribution in [3.8, 4) is 16.3 Å². The van der Waals surface area contributed by atoms with Crippen molar-refractivity contribution >= 4 is 38.7 Å². The van der Waals surface area contributed by atoms with Gasteiger partial charge in [0.05, 0.1) is 20.5 Å². The monoisotopic (exact) mass is 485 g/mol. The number of rotatable bonds is 6. The minimum atomic E-state index is -3.55. The van der Waals surface area contributed by atoms with Crippen molar-refractivity contribution in [2.24, 2.45) is 0 Å². The number of halogens is 1. The average Bonchev–Trinajstić information content (AvgIpc) is 3.43. The summed E-state index contributed by atoms with van der Waals surface area (Å²) in [7, 11) is -1.88. The molecule has 2 aromatic heterocycles. The summed E-state index contributed by atoms with van der Waals surface area (Å²) in [6.45, 7) is 0.301. The predicted octanol–water partition coefficient (Wildman–Crippen LogP) is 4.93. The zero-order chi connectivity index (χ0) is 22.9. The summed E-state index contributed by atoms with van der Waals surface area (Å²) < 4.78 is 25.8. The van der Waals surface area contributed by atoms with Crippen LogP contribution in [0.5, 0.6) is 0 Å². The topological polar surface area (TPSA) is 72.3 Å². The van der Waals surface area contributed by atoms with Crippen LogP contribution in [-0.4, -0.2) is 42.3 Å². The molecule has 4 aromatic rings. The van der Waals surface area contributed by atoms with E-state index in [-0.39, 0.29) is 21.4 Å². The summed E-state index contributed by atoms with van der Waals surface area (Å²) in [6, 6.07) is 18.0. The van der Waals surface area contributed by atoms with E-state index < -0.39 is 9.84 Å². The quantitative estimate of drug-likeness (QED) is 0.388. The number of benzene rings is 2. The van der Waals surface area contributed by atoms with Gasteiger partial charge in [-0.15, -0.1) is 11.3 Å². The second-order valence-corrected chi connectivity index (χ2v) is 10.7. The molecular weight excluding hydrogens is 466 g/mol. The molecule has 9 heteroatoms. The Morgan fingerprint density at radius 2 is 1.88 bits per heavy atom. The van der Waals surface area contributed by atoms with Gasteiger partial charge in [-0.05, 0) is 41.8 Å². The molecule has 0 radical (unpaired) electrons. The molecule has 0 aliphatic heterocycles. The number of para-hydroxylation sites is 1. The molecule has 0 saturated carbocycles. The van der Waals surface area contributed by atoms with Crippen LogP contribution in [0.15, 0.2) is 77.1 Å². The molecule has 2 heterocycles. The summed E-state index contributed by atoms with van der Waals surface area (Å²) in [6.07, 6.45) is 2.98. The first-order chi connectivity index (χ1) is 15.2. The Balaban J connectivity index is 1.67. The highest BCUT2D eigenvalue weighted by Gasteiger charge is 2.21. The van der Waals surface area contributed by atoms with Crippen LogP contribution in [-0.2, 0) is 16.4 Å². The molecule has 1 amide bonds. The van der Waals surface area contributed by atoms with E-state index in [1.807, 2.05) is 54.0 Å². The minimum absolute atomic E-state index is 0.0606. The Kier molecular flexibility index (Phi) is 6.19. The van der Waals surface area contributed by atoms with Crippen molar-refractivity contribution in [1.29, 1.82) is 0 Å². The van der Waals surface area contributed by atoms with E-state index in [4.69, 9.17) is 16.7 Å². The molecule has 0 bridgehead atoms. The maximum atomic E-state index is 13.1. The summed E-state index contributed by atoms with van der Waals surface area (Å²) in [4.78, 5) is 15.6. The van der Waals surface area contributed by atoms with Crippen molar-refractivity contribution < 1.29 is 13.2 Å². The molecule has 0 atom stereocenters. The normalized spacial score (nSPS) is 11.5. The number of thiophene rings is 1. The van der Waals surface area contributed by atoms with Gasteiger partial charge in [-0.1, -0.05) is 35.9 Å².